The molecule has 0 fully saturated rings. The van der Waals surface area contributed by atoms with Gasteiger partial charge in [0.05, 0.1) is 6.10 Å². The average Bonchev–Trinajstić information content (AvgIpc) is 2.11. The second-order valence-corrected chi connectivity index (χ2v) is 3.52. The summed E-state index contributed by atoms with van der Waals surface area (Å²) in [7, 11) is 0. The smallest absolute Gasteiger partial charge is 0.155 e. The predicted octanol–water partition coefficient (Wildman–Crippen LogP) is 2.46. The molecular formula is C11H20O2. The number of allylic oxidation sites excluding steroid dienone is 1. The molecule has 0 saturated heterocycles. The molecule has 0 aromatic rings. The second-order valence-electron chi connectivity index (χ2n) is 3.52. The maximum absolute atomic E-state index is 11.0. The molecule has 0 aromatic heterocycles. The normalized spacial score (nSPS) is 15.2. The van der Waals surface area contributed by atoms with Gasteiger partial charge in [-0.05, 0) is 38.3 Å². The van der Waals surface area contributed by atoms with Gasteiger partial charge in [0.25, 0.3) is 0 Å². The van der Waals surface area contributed by atoms with E-state index in [0.29, 0.717) is 5.57 Å². The number of aliphatic hydroxyl groups excluding tert-OH is 1. The average molecular weight is 184 g/mol. The zero-order valence-electron chi connectivity index (χ0n) is 9.05. The van der Waals surface area contributed by atoms with Crippen molar-refractivity contribution in [1.29, 1.82) is 0 Å². The van der Waals surface area contributed by atoms with E-state index < -0.39 is 6.10 Å². The lowest BCUT2D eigenvalue weighted by molar-refractivity contribution is -0.113. The van der Waals surface area contributed by atoms with Crippen molar-refractivity contribution in [2.45, 2.75) is 53.1 Å². The Labute approximate surface area is 80.7 Å². The fraction of sp³-hybridized carbons (Fsp3) is 0.727. The first-order valence-electron chi connectivity index (χ1n) is 4.87. The number of rotatable bonds is 5. The Balaban J connectivity index is 4.30. The molecule has 1 unspecified atom stereocenters. The van der Waals surface area contributed by atoms with E-state index in [1.54, 1.807) is 6.92 Å². The summed E-state index contributed by atoms with van der Waals surface area (Å²) in [6.07, 6.45) is 2.39. The number of hydrogen-bond acceptors (Lipinski definition) is 2. The van der Waals surface area contributed by atoms with E-state index in [1.165, 1.54) is 6.92 Å². The summed E-state index contributed by atoms with van der Waals surface area (Å²) in [6.45, 7) is 7.22. The summed E-state index contributed by atoms with van der Waals surface area (Å²) in [4.78, 5) is 11.0. The summed E-state index contributed by atoms with van der Waals surface area (Å²) < 4.78 is 0. The third-order valence-electron chi connectivity index (χ3n) is 2.45. The molecule has 2 nitrogen and oxygen atoms in total. The molecule has 0 aliphatic carbocycles. The van der Waals surface area contributed by atoms with Crippen molar-refractivity contribution in [3.63, 3.8) is 0 Å². The largest absolute Gasteiger partial charge is 0.389 e. The molecule has 0 aliphatic rings. The molecule has 1 atom stereocenters. The van der Waals surface area contributed by atoms with Gasteiger partial charge in [0, 0.05) is 0 Å². The van der Waals surface area contributed by atoms with Gasteiger partial charge in [-0.2, -0.15) is 0 Å². The van der Waals surface area contributed by atoms with Crippen molar-refractivity contribution < 1.29 is 9.90 Å². The summed E-state index contributed by atoms with van der Waals surface area (Å²) >= 11 is 0. The van der Waals surface area contributed by atoms with Gasteiger partial charge in [-0.15, -0.1) is 0 Å². The molecule has 0 amide bonds. The van der Waals surface area contributed by atoms with E-state index in [2.05, 4.69) is 6.92 Å². The summed E-state index contributed by atoms with van der Waals surface area (Å²) in [5.41, 5.74) is 1.52. The first-order chi connectivity index (χ1) is 6.00. The van der Waals surface area contributed by atoms with Crippen LogP contribution in [0.15, 0.2) is 11.1 Å². The van der Waals surface area contributed by atoms with E-state index in [9.17, 15) is 9.90 Å². The van der Waals surface area contributed by atoms with Crippen molar-refractivity contribution in [2.75, 3.05) is 0 Å². The Bertz CT molecular complexity index is 204. The van der Waals surface area contributed by atoms with Crippen LogP contribution in [0.25, 0.3) is 0 Å². The standard InChI is InChI=1S/C11H20O2/c1-5-6-7-11(13)9(3)8(2)10(4)12/h11,13H,5-7H2,1-4H3/b9-8+. The Hall–Kier alpha value is -0.630. The molecule has 0 saturated carbocycles. The molecule has 0 spiro atoms. The topological polar surface area (TPSA) is 37.3 Å². The molecule has 0 heterocycles. The lowest BCUT2D eigenvalue weighted by atomic mass is 9.99. The monoisotopic (exact) mass is 184 g/mol. The van der Waals surface area contributed by atoms with Gasteiger partial charge in [-0.3, -0.25) is 4.79 Å². The van der Waals surface area contributed by atoms with E-state index >= 15 is 0 Å². The molecule has 76 valence electrons. The van der Waals surface area contributed by atoms with Crippen LogP contribution >= 0.6 is 0 Å². The van der Waals surface area contributed by atoms with Crippen LogP contribution in [-0.4, -0.2) is 17.0 Å². The minimum absolute atomic E-state index is 0.0491. The number of Topliss-reactive ketones (excluding diaryl/α,β-unsaturated/α-hetero) is 1. The zero-order valence-corrected chi connectivity index (χ0v) is 9.05. The summed E-state index contributed by atoms with van der Waals surface area (Å²) in [6, 6.07) is 0. The van der Waals surface area contributed by atoms with Gasteiger partial charge in [0.1, 0.15) is 0 Å². The van der Waals surface area contributed by atoms with Gasteiger partial charge in [0.2, 0.25) is 0 Å². The maximum atomic E-state index is 11.0. The van der Waals surface area contributed by atoms with E-state index in [4.69, 9.17) is 0 Å². The summed E-state index contributed by atoms with van der Waals surface area (Å²) in [5.74, 6) is 0.0491. The number of hydrogen-bond donors (Lipinski definition) is 1. The van der Waals surface area contributed by atoms with Crippen LogP contribution < -0.4 is 0 Å². The van der Waals surface area contributed by atoms with Gasteiger partial charge >= 0.3 is 0 Å². The molecule has 2 heteroatoms. The highest BCUT2D eigenvalue weighted by Gasteiger charge is 2.10. The maximum Gasteiger partial charge on any atom is 0.155 e. The third-order valence-corrected chi connectivity index (χ3v) is 2.45. The lowest BCUT2D eigenvalue weighted by Gasteiger charge is -2.12. The van der Waals surface area contributed by atoms with Crippen LogP contribution in [0.3, 0.4) is 0 Å². The molecule has 0 radical (unpaired) electrons. The molecule has 0 rings (SSSR count). The third kappa shape index (κ3) is 4.23. The van der Waals surface area contributed by atoms with Crippen molar-refractivity contribution >= 4 is 5.78 Å². The SMILES string of the molecule is CCCCC(O)/C(C)=C(\C)C(C)=O. The van der Waals surface area contributed by atoms with Crippen LogP contribution in [0.1, 0.15) is 47.0 Å². The first kappa shape index (κ1) is 12.4. The van der Waals surface area contributed by atoms with Crippen molar-refractivity contribution in [2.24, 2.45) is 0 Å². The fourth-order valence-electron chi connectivity index (χ4n) is 1.14. The van der Waals surface area contributed by atoms with Crippen LogP contribution in [0.5, 0.6) is 0 Å². The number of carbonyl (C=O) groups is 1. The highest BCUT2D eigenvalue weighted by molar-refractivity contribution is 5.93. The minimum atomic E-state index is -0.441. The quantitative estimate of drug-likeness (QED) is 0.666. The van der Waals surface area contributed by atoms with Crippen molar-refractivity contribution in [3.8, 4) is 0 Å². The molecule has 0 bridgehead atoms. The molecule has 1 N–H and O–H groups in total. The number of carbonyl (C=O) groups excluding carboxylic acids is 1. The van der Waals surface area contributed by atoms with Gasteiger partial charge < -0.3 is 5.11 Å². The van der Waals surface area contributed by atoms with Crippen LogP contribution in [-0.2, 0) is 4.79 Å². The van der Waals surface area contributed by atoms with Gasteiger partial charge in [0.15, 0.2) is 5.78 Å². The van der Waals surface area contributed by atoms with Crippen LogP contribution in [0.2, 0.25) is 0 Å². The lowest BCUT2D eigenvalue weighted by Crippen LogP contribution is -2.12. The van der Waals surface area contributed by atoms with E-state index in [0.717, 1.165) is 24.8 Å². The Morgan fingerprint density at radius 3 is 2.23 bits per heavy atom. The fourth-order valence-corrected chi connectivity index (χ4v) is 1.14. The second kappa shape index (κ2) is 5.92. The highest BCUT2D eigenvalue weighted by atomic mass is 16.3. The number of aliphatic hydroxyl groups is 1. The molecule has 13 heavy (non-hydrogen) atoms. The van der Waals surface area contributed by atoms with Crippen molar-refractivity contribution in [3.05, 3.63) is 11.1 Å². The zero-order chi connectivity index (χ0) is 10.4. The highest BCUT2D eigenvalue weighted by Crippen LogP contribution is 2.14. The van der Waals surface area contributed by atoms with Crippen molar-refractivity contribution in [1.82, 2.24) is 0 Å². The van der Waals surface area contributed by atoms with E-state index in [1.807, 2.05) is 6.92 Å². The predicted molar refractivity (Wildman–Crippen MR) is 54.6 cm³/mol. The van der Waals surface area contributed by atoms with Gasteiger partial charge in [-0.25, -0.2) is 0 Å². The Morgan fingerprint density at radius 2 is 1.85 bits per heavy atom. The number of ketones is 1. The van der Waals surface area contributed by atoms with Crippen LogP contribution in [0.4, 0.5) is 0 Å². The molecule has 0 aromatic carbocycles. The first-order valence-corrected chi connectivity index (χ1v) is 4.87. The minimum Gasteiger partial charge on any atom is -0.389 e. The van der Waals surface area contributed by atoms with Gasteiger partial charge in [-0.1, -0.05) is 19.8 Å². The Morgan fingerprint density at radius 1 is 1.31 bits per heavy atom. The Kier molecular flexibility index (Phi) is 5.63. The molecule has 0 aliphatic heterocycles. The molecular weight excluding hydrogens is 164 g/mol. The van der Waals surface area contributed by atoms with E-state index in [-0.39, 0.29) is 5.78 Å². The number of unbranched alkanes of at least 4 members (excludes halogenated alkanes) is 1. The van der Waals surface area contributed by atoms with Crippen LogP contribution in [0, 0.1) is 0 Å². The summed E-state index contributed by atoms with van der Waals surface area (Å²) in [5, 5.41) is 9.66.